The van der Waals surface area contributed by atoms with Crippen LogP contribution in [0, 0.1) is 12.7 Å². The van der Waals surface area contributed by atoms with Crippen LogP contribution in [0.2, 0.25) is 0 Å². The van der Waals surface area contributed by atoms with E-state index in [4.69, 9.17) is 4.74 Å². The second-order valence-electron chi connectivity index (χ2n) is 5.54. The average Bonchev–Trinajstić information content (AvgIpc) is 2.60. The smallest absolute Gasteiger partial charge is 0.191 e. The van der Waals surface area contributed by atoms with E-state index in [9.17, 15) is 4.39 Å². The van der Waals surface area contributed by atoms with Crippen molar-refractivity contribution in [3.8, 4) is 5.75 Å². The van der Waals surface area contributed by atoms with Crippen LogP contribution in [-0.4, -0.2) is 26.7 Å². The van der Waals surface area contributed by atoms with Gasteiger partial charge in [-0.05, 0) is 42.7 Å². The topological polar surface area (TPSA) is 45.7 Å². The number of aryl methyl sites for hydroxylation is 1. The van der Waals surface area contributed by atoms with Crippen molar-refractivity contribution in [1.82, 2.24) is 10.6 Å². The van der Waals surface area contributed by atoms with Gasteiger partial charge < -0.3 is 15.4 Å². The number of hydrogen-bond acceptors (Lipinski definition) is 2. The van der Waals surface area contributed by atoms with E-state index < -0.39 is 0 Å². The summed E-state index contributed by atoms with van der Waals surface area (Å²) in [5.41, 5.74) is 3.32. The van der Waals surface area contributed by atoms with Gasteiger partial charge in [0, 0.05) is 25.7 Å². The molecule has 0 amide bonds. The zero-order valence-corrected chi connectivity index (χ0v) is 14.4. The van der Waals surface area contributed by atoms with Crippen molar-refractivity contribution in [2.75, 3.05) is 20.7 Å². The van der Waals surface area contributed by atoms with Gasteiger partial charge in [-0.15, -0.1) is 0 Å². The van der Waals surface area contributed by atoms with Gasteiger partial charge in [0.05, 0.1) is 7.11 Å². The summed E-state index contributed by atoms with van der Waals surface area (Å²) < 4.78 is 18.3. The zero-order chi connectivity index (χ0) is 17.4. The highest BCUT2D eigenvalue weighted by Gasteiger charge is 2.04. The van der Waals surface area contributed by atoms with Crippen molar-refractivity contribution >= 4 is 5.96 Å². The molecule has 0 aliphatic heterocycles. The van der Waals surface area contributed by atoms with Crippen LogP contribution in [0.4, 0.5) is 4.39 Å². The second kappa shape index (κ2) is 8.91. The van der Waals surface area contributed by atoms with Crippen LogP contribution in [0.1, 0.15) is 16.7 Å². The summed E-state index contributed by atoms with van der Waals surface area (Å²) in [7, 11) is 3.41. The van der Waals surface area contributed by atoms with Crippen molar-refractivity contribution in [1.29, 1.82) is 0 Å². The third-order valence-corrected chi connectivity index (χ3v) is 3.73. The summed E-state index contributed by atoms with van der Waals surface area (Å²) in [6.07, 6.45) is 0.800. The average molecular weight is 329 g/mol. The number of nitrogens with zero attached hydrogens (tertiary/aromatic N) is 1. The van der Waals surface area contributed by atoms with E-state index in [-0.39, 0.29) is 5.82 Å². The molecule has 0 aromatic heterocycles. The lowest BCUT2D eigenvalue weighted by molar-refractivity contribution is 0.408. The molecule has 2 aromatic carbocycles. The molecule has 0 aliphatic rings. The molecule has 0 fully saturated rings. The number of ether oxygens (including phenoxy) is 1. The van der Waals surface area contributed by atoms with E-state index in [0.717, 1.165) is 41.4 Å². The Balaban J connectivity index is 1.83. The monoisotopic (exact) mass is 329 g/mol. The van der Waals surface area contributed by atoms with E-state index in [1.807, 2.05) is 19.1 Å². The Bertz CT molecular complexity index is 684. The van der Waals surface area contributed by atoms with E-state index >= 15 is 0 Å². The first-order valence-corrected chi connectivity index (χ1v) is 7.95. The van der Waals surface area contributed by atoms with E-state index in [2.05, 4.69) is 21.7 Å². The number of halogens is 1. The lowest BCUT2D eigenvalue weighted by Crippen LogP contribution is -2.37. The third kappa shape index (κ3) is 5.26. The minimum absolute atomic E-state index is 0.212. The molecule has 0 heterocycles. The highest BCUT2D eigenvalue weighted by atomic mass is 19.1. The lowest BCUT2D eigenvalue weighted by Gasteiger charge is -2.14. The molecule has 128 valence electrons. The van der Waals surface area contributed by atoms with Crippen molar-refractivity contribution in [2.45, 2.75) is 19.9 Å². The first kappa shape index (κ1) is 17.8. The van der Waals surface area contributed by atoms with Crippen LogP contribution < -0.4 is 15.4 Å². The van der Waals surface area contributed by atoms with Crippen LogP contribution in [0.25, 0.3) is 0 Å². The molecule has 2 aromatic rings. The van der Waals surface area contributed by atoms with Crippen molar-refractivity contribution in [3.05, 3.63) is 65.0 Å². The van der Waals surface area contributed by atoms with Crippen LogP contribution in [0.3, 0.4) is 0 Å². The molecule has 0 saturated heterocycles. The molecule has 0 atom stereocenters. The molecule has 0 unspecified atom stereocenters. The van der Waals surface area contributed by atoms with Gasteiger partial charge in [0.1, 0.15) is 11.6 Å². The van der Waals surface area contributed by atoms with Gasteiger partial charge >= 0.3 is 0 Å². The number of methoxy groups -OCH3 is 1. The highest BCUT2D eigenvalue weighted by molar-refractivity contribution is 5.79. The molecule has 0 bridgehead atoms. The molecular weight excluding hydrogens is 305 g/mol. The van der Waals surface area contributed by atoms with E-state index in [1.165, 1.54) is 12.1 Å². The molecule has 24 heavy (non-hydrogen) atoms. The van der Waals surface area contributed by atoms with Gasteiger partial charge in [-0.1, -0.05) is 24.3 Å². The summed E-state index contributed by atoms with van der Waals surface area (Å²) >= 11 is 0. The molecule has 5 heteroatoms. The summed E-state index contributed by atoms with van der Waals surface area (Å²) in [6.45, 7) is 3.38. The summed E-state index contributed by atoms with van der Waals surface area (Å²) in [4.78, 5) is 4.22. The first-order valence-electron chi connectivity index (χ1n) is 7.95. The highest BCUT2D eigenvalue weighted by Crippen LogP contribution is 2.19. The minimum atomic E-state index is -0.212. The van der Waals surface area contributed by atoms with Gasteiger partial charge in [0.25, 0.3) is 0 Å². The molecule has 0 saturated carbocycles. The summed E-state index contributed by atoms with van der Waals surface area (Å²) in [5.74, 6) is 1.38. The number of hydrogen-bond donors (Lipinski definition) is 2. The Labute approximate surface area is 142 Å². The van der Waals surface area contributed by atoms with Gasteiger partial charge in [0.2, 0.25) is 0 Å². The van der Waals surface area contributed by atoms with Crippen molar-refractivity contribution in [3.63, 3.8) is 0 Å². The Morgan fingerprint density at radius 3 is 2.54 bits per heavy atom. The van der Waals surface area contributed by atoms with Crippen molar-refractivity contribution in [2.24, 2.45) is 4.99 Å². The quantitative estimate of drug-likeness (QED) is 0.632. The normalized spacial score (nSPS) is 11.2. The molecule has 2 rings (SSSR count). The number of benzene rings is 2. The predicted octanol–water partition coefficient (Wildman–Crippen LogP) is 3.05. The molecule has 4 nitrogen and oxygen atoms in total. The van der Waals surface area contributed by atoms with Crippen LogP contribution in [0.15, 0.2) is 47.5 Å². The maximum Gasteiger partial charge on any atom is 0.191 e. The molecule has 0 spiro atoms. The van der Waals surface area contributed by atoms with Gasteiger partial charge in [-0.2, -0.15) is 0 Å². The van der Waals surface area contributed by atoms with Crippen molar-refractivity contribution < 1.29 is 9.13 Å². The van der Waals surface area contributed by atoms with Gasteiger partial charge in [0.15, 0.2) is 5.96 Å². The number of aliphatic imine (C=N–C) groups is 1. The summed E-state index contributed by atoms with van der Waals surface area (Å²) in [5, 5.41) is 6.53. The number of nitrogens with one attached hydrogen (secondary N) is 2. The second-order valence-corrected chi connectivity index (χ2v) is 5.54. The fourth-order valence-corrected chi connectivity index (χ4v) is 2.37. The third-order valence-electron chi connectivity index (χ3n) is 3.73. The number of rotatable bonds is 6. The SMILES string of the molecule is CN=C(NCCc1ccc(F)cc1)NCc1ccc(C)cc1OC. The lowest BCUT2D eigenvalue weighted by atomic mass is 10.1. The van der Waals surface area contributed by atoms with E-state index in [1.54, 1.807) is 26.3 Å². The Kier molecular flexibility index (Phi) is 6.61. The van der Waals surface area contributed by atoms with Crippen LogP contribution in [-0.2, 0) is 13.0 Å². The standard InChI is InChI=1S/C19H24FN3O/c1-14-4-7-16(18(12-14)24-3)13-23-19(21-2)22-11-10-15-5-8-17(20)9-6-15/h4-9,12H,10-11,13H2,1-3H3,(H2,21,22,23). The molecule has 2 N–H and O–H groups in total. The molecule has 0 aliphatic carbocycles. The Hall–Kier alpha value is -2.56. The largest absolute Gasteiger partial charge is 0.496 e. The fourth-order valence-electron chi connectivity index (χ4n) is 2.37. The van der Waals surface area contributed by atoms with E-state index in [0.29, 0.717) is 6.54 Å². The minimum Gasteiger partial charge on any atom is -0.496 e. The van der Waals surface area contributed by atoms with Crippen LogP contribution >= 0.6 is 0 Å². The zero-order valence-electron chi connectivity index (χ0n) is 14.4. The van der Waals surface area contributed by atoms with Gasteiger partial charge in [-0.25, -0.2) is 4.39 Å². The molecule has 0 radical (unpaired) electrons. The maximum atomic E-state index is 12.9. The first-order chi connectivity index (χ1) is 11.6. The molecular formula is C19H24FN3O. The number of guanidine groups is 1. The maximum absolute atomic E-state index is 12.9. The predicted molar refractivity (Wildman–Crippen MR) is 96.0 cm³/mol. The van der Waals surface area contributed by atoms with Crippen LogP contribution in [0.5, 0.6) is 5.75 Å². The van der Waals surface area contributed by atoms with Gasteiger partial charge in [-0.3, -0.25) is 4.99 Å². The fraction of sp³-hybridized carbons (Fsp3) is 0.316. The Morgan fingerprint density at radius 1 is 1.12 bits per heavy atom. The summed E-state index contributed by atoms with van der Waals surface area (Å²) in [6, 6.07) is 12.7. The Morgan fingerprint density at radius 2 is 1.88 bits per heavy atom.